The van der Waals surface area contributed by atoms with E-state index in [1.54, 1.807) is 13.2 Å². The van der Waals surface area contributed by atoms with Gasteiger partial charge in [0.15, 0.2) is 7.37 Å². The minimum atomic E-state index is -3.07. The maximum atomic E-state index is 14.3. The molecule has 0 spiro atoms. The van der Waals surface area contributed by atoms with Crippen molar-refractivity contribution in [2.45, 2.75) is 50.4 Å². The van der Waals surface area contributed by atoms with Crippen LogP contribution in [0.5, 0.6) is 11.5 Å². The van der Waals surface area contributed by atoms with Gasteiger partial charge in [0, 0.05) is 12.8 Å². The smallest absolute Gasteiger partial charge is 0.198 e. The molecule has 0 aliphatic heterocycles. The van der Waals surface area contributed by atoms with Gasteiger partial charge in [0.05, 0.1) is 13.7 Å². The number of methoxy groups -OCH3 is 1. The van der Waals surface area contributed by atoms with Crippen molar-refractivity contribution in [1.82, 2.24) is 0 Å². The van der Waals surface area contributed by atoms with E-state index in [9.17, 15) is 13.8 Å². The number of halogens is 1. The van der Waals surface area contributed by atoms with Crippen LogP contribution in [-0.2, 0) is 4.57 Å². The summed E-state index contributed by atoms with van der Waals surface area (Å²) >= 11 is 0. The highest BCUT2D eigenvalue weighted by atomic mass is 31.2. The topological polar surface area (TPSA) is 55.8 Å². The average molecular weight is 461 g/mol. The third kappa shape index (κ3) is 6.14. The number of rotatable bonds is 9. The van der Waals surface area contributed by atoms with Gasteiger partial charge in [-0.2, -0.15) is 0 Å². The van der Waals surface area contributed by atoms with Gasteiger partial charge in [-0.15, -0.1) is 0 Å². The summed E-state index contributed by atoms with van der Waals surface area (Å²) in [4.78, 5) is 9.91. The molecule has 2 atom stereocenters. The number of ether oxygens (including phenoxy) is 2. The van der Waals surface area contributed by atoms with E-state index in [2.05, 4.69) is 12.1 Å². The molecule has 0 amide bonds. The van der Waals surface area contributed by atoms with Gasteiger partial charge in [-0.05, 0) is 104 Å². The van der Waals surface area contributed by atoms with Crippen LogP contribution in [0.4, 0.5) is 4.39 Å². The molecular formula is C26H34FO4P. The Morgan fingerprint density at radius 3 is 2.47 bits per heavy atom. The van der Waals surface area contributed by atoms with Crippen molar-refractivity contribution in [3.63, 3.8) is 0 Å². The predicted molar refractivity (Wildman–Crippen MR) is 126 cm³/mol. The largest absolute Gasteiger partial charge is 0.497 e. The van der Waals surface area contributed by atoms with E-state index in [0.717, 1.165) is 55.4 Å². The fraction of sp³-hybridized carbons (Fsp3) is 0.538. The highest BCUT2D eigenvalue weighted by molar-refractivity contribution is 7.57. The summed E-state index contributed by atoms with van der Waals surface area (Å²) in [6.45, 7) is 2.10. The zero-order valence-corrected chi connectivity index (χ0v) is 19.9. The molecule has 4 rings (SSSR count). The molecule has 0 aromatic heterocycles. The third-order valence-electron chi connectivity index (χ3n) is 6.99. The zero-order valence-electron chi connectivity index (χ0n) is 19.0. The maximum absolute atomic E-state index is 14.3. The summed E-state index contributed by atoms with van der Waals surface area (Å²) in [6.07, 6.45) is 6.52. The summed E-state index contributed by atoms with van der Waals surface area (Å²) in [5, 5.41) is 0. The van der Waals surface area contributed by atoms with E-state index in [4.69, 9.17) is 9.47 Å². The van der Waals surface area contributed by atoms with Crippen LogP contribution < -0.4 is 9.47 Å². The molecule has 4 nitrogen and oxygen atoms in total. The van der Waals surface area contributed by atoms with Crippen molar-refractivity contribution in [3.8, 4) is 11.5 Å². The lowest BCUT2D eigenvalue weighted by Gasteiger charge is -2.29. The number of benzene rings is 2. The second-order valence-corrected chi connectivity index (χ2v) is 12.1. The molecule has 1 N–H and O–H groups in total. The van der Waals surface area contributed by atoms with E-state index in [0.29, 0.717) is 30.4 Å². The SMILES string of the molecule is COc1ccc(F)c(C2CCC(COc3cccc([C@@H](CP(C)(=O)O)C4CC4)c3)CC2)c1. The molecule has 0 heterocycles. The minimum absolute atomic E-state index is 0.132. The number of hydrogen-bond acceptors (Lipinski definition) is 3. The Morgan fingerprint density at radius 2 is 1.81 bits per heavy atom. The first-order chi connectivity index (χ1) is 15.3. The standard InChI is InChI=1S/C26H34FO4P/c1-30-22-12-13-26(27)24(15-22)19-8-6-18(7-9-19)16-31-23-5-3-4-21(14-23)25(20-10-11-20)17-32(2,28)29/h3-5,12-15,18-20,25H,6-11,16-17H2,1-2H3,(H,28,29)/t18?,19?,25-/m0/s1. The lowest BCUT2D eigenvalue weighted by molar-refractivity contribution is 0.199. The summed E-state index contributed by atoms with van der Waals surface area (Å²) in [5.41, 5.74) is 1.87. The van der Waals surface area contributed by atoms with Gasteiger partial charge in [-0.1, -0.05) is 12.1 Å². The van der Waals surface area contributed by atoms with E-state index >= 15 is 0 Å². The highest BCUT2D eigenvalue weighted by Crippen LogP contribution is 2.50. The van der Waals surface area contributed by atoms with Crippen molar-refractivity contribution in [2.75, 3.05) is 26.5 Å². The van der Waals surface area contributed by atoms with Gasteiger partial charge in [-0.3, -0.25) is 4.57 Å². The monoisotopic (exact) mass is 460 g/mol. The normalized spacial score (nSPS) is 23.9. The maximum Gasteiger partial charge on any atom is 0.198 e. The molecule has 6 heteroatoms. The lowest BCUT2D eigenvalue weighted by atomic mass is 9.79. The fourth-order valence-corrected chi connectivity index (χ4v) is 6.28. The van der Waals surface area contributed by atoms with Gasteiger partial charge in [0.2, 0.25) is 0 Å². The second kappa shape index (κ2) is 9.97. The summed E-state index contributed by atoms with van der Waals surface area (Å²) < 4.78 is 37.7. The van der Waals surface area contributed by atoms with Gasteiger partial charge < -0.3 is 14.4 Å². The molecule has 2 aliphatic carbocycles. The Labute approximate surface area is 190 Å². The van der Waals surface area contributed by atoms with E-state index in [-0.39, 0.29) is 17.7 Å². The van der Waals surface area contributed by atoms with Crippen LogP contribution in [0.3, 0.4) is 0 Å². The average Bonchev–Trinajstić information content (AvgIpc) is 3.62. The molecule has 1 unspecified atom stereocenters. The van der Waals surface area contributed by atoms with Crippen LogP contribution in [0.2, 0.25) is 0 Å². The van der Waals surface area contributed by atoms with Crippen LogP contribution in [0, 0.1) is 17.7 Å². The molecule has 0 bridgehead atoms. The fourth-order valence-electron chi connectivity index (χ4n) is 5.04. The minimum Gasteiger partial charge on any atom is -0.497 e. The number of hydrogen-bond donors (Lipinski definition) is 1. The van der Waals surface area contributed by atoms with Crippen LogP contribution in [0.25, 0.3) is 0 Å². The quantitative estimate of drug-likeness (QED) is 0.430. The first-order valence-electron chi connectivity index (χ1n) is 11.7. The van der Waals surface area contributed by atoms with Crippen molar-refractivity contribution in [3.05, 3.63) is 59.4 Å². The third-order valence-corrected chi connectivity index (χ3v) is 8.06. The lowest BCUT2D eigenvalue weighted by Crippen LogP contribution is -2.20. The molecule has 0 saturated heterocycles. The van der Waals surface area contributed by atoms with E-state index in [1.165, 1.54) is 12.7 Å². The zero-order chi connectivity index (χ0) is 22.7. The predicted octanol–water partition coefficient (Wildman–Crippen LogP) is 6.58. The second-order valence-electron chi connectivity index (χ2n) is 9.67. The van der Waals surface area contributed by atoms with Crippen LogP contribution in [-0.4, -0.2) is 31.4 Å². The molecular weight excluding hydrogens is 426 g/mol. The van der Waals surface area contributed by atoms with Crippen LogP contribution >= 0.6 is 7.37 Å². The van der Waals surface area contributed by atoms with Gasteiger partial charge in [-0.25, -0.2) is 4.39 Å². The Bertz CT molecular complexity index is 960. The van der Waals surface area contributed by atoms with Crippen LogP contribution in [0.15, 0.2) is 42.5 Å². The summed E-state index contributed by atoms with van der Waals surface area (Å²) in [5.74, 6) is 2.72. The molecule has 0 radical (unpaired) electrons. The van der Waals surface area contributed by atoms with Crippen molar-refractivity contribution >= 4 is 7.37 Å². The summed E-state index contributed by atoms with van der Waals surface area (Å²) in [6, 6.07) is 13.1. The molecule has 2 aromatic rings. The Morgan fingerprint density at radius 1 is 1.06 bits per heavy atom. The Hall–Kier alpha value is -1.84. The van der Waals surface area contributed by atoms with Gasteiger partial charge in [0.25, 0.3) is 0 Å². The van der Waals surface area contributed by atoms with E-state index < -0.39 is 7.37 Å². The highest BCUT2D eigenvalue weighted by Gasteiger charge is 2.35. The molecule has 2 saturated carbocycles. The van der Waals surface area contributed by atoms with Crippen molar-refractivity contribution < 1.29 is 23.3 Å². The van der Waals surface area contributed by atoms with Gasteiger partial charge >= 0.3 is 0 Å². The molecule has 32 heavy (non-hydrogen) atoms. The first kappa shape index (κ1) is 23.3. The van der Waals surface area contributed by atoms with Crippen molar-refractivity contribution in [1.29, 1.82) is 0 Å². The Balaban J connectivity index is 1.32. The van der Waals surface area contributed by atoms with Crippen LogP contribution in [0.1, 0.15) is 61.5 Å². The summed E-state index contributed by atoms with van der Waals surface area (Å²) in [7, 11) is -1.46. The van der Waals surface area contributed by atoms with Gasteiger partial charge in [0.1, 0.15) is 17.3 Å². The molecule has 2 aromatic carbocycles. The molecule has 2 fully saturated rings. The molecule has 2 aliphatic rings. The first-order valence-corrected chi connectivity index (χ1v) is 14.0. The Kier molecular flexibility index (Phi) is 7.27. The van der Waals surface area contributed by atoms with Crippen molar-refractivity contribution in [2.24, 2.45) is 11.8 Å². The molecule has 174 valence electrons. The van der Waals surface area contributed by atoms with E-state index in [1.807, 2.05) is 18.2 Å².